The fourth-order valence-electron chi connectivity index (χ4n) is 1.12. The molecule has 1 rings (SSSR count). The van der Waals surface area contributed by atoms with E-state index in [-0.39, 0.29) is 6.04 Å². The van der Waals surface area contributed by atoms with E-state index in [4.69, 9.17) is 22.1 Å². The maximum Gasteiger partial charge on any atom is 0.120 e. The number of hydrogen-bond acceptors (Lipinski definition) is 2. The standard InChI is InChI=1S/C12H16ClNO/c1-9(7-13)8-15-12-5-3-4-11(6-12)10(2)14/h3-7,10H,8,14H2,1-2H3/b9-7+. The van der Waals surface area contributed by atoms with Gasteiger partial charge in [-0.1, -0.05) is 23.7 Å². The maximum atomic E-state index is 5.78. The molecule has 2 N–H and O–H groups in total. The zero-order valence-electron chi connectivity index (χ0n) is 9.03. The Balaban J connectivity index is 2.66. The van der Waals surface area contributed by atoms with Gasteiger partial charge in [0.15, 0.2) is 0 Å². The van der Waals surface area contributed by atoms with Gasteiger partial charge in [0.25, 0.3) is 0 Å². The fourth-order valence-corrected chi connectivity index (χ4v) is 1.18. The van der Waals surface area contributed by atoms with Crippen molar-refractivity contribution in [2.75, 3.05) is 6.61 Å². The molecule has 3 heteroatoms. The van der Waals surface area contributed by atoms with E-state index in [1.54, 1.807) is 0 Å². The molecule has 0 saturated carbocycles. The van der Waals surface area contributed by atoms with Gasteiger partial charge in [0.2, 0.25) is 0 Å². The summed E-state index contributed by atoms with van der Waals surface area (Å²) in [5, 5.41) is 0. The average Bonchev–Trinajstić information content (AvgIpc) is 2.26. The highest BCUT2D eigenvalue weighted by Gasteiger charge is 2.01. The predicted molar refractivity (Wildman–Crippen MR) is 64.1 cm³/mol. The Bertz CT molecular complexity index is 347. The van der Waals surface area contributed by atoms with Crippen LogP contribution in [0.25, 0.3) is 0 Å². The maximum absolute atomic E-state index is 5.78. The van der Waals surface area contributed by atoms with Crippen molar-refractivity contribution in [2.24, 2.45) is 5.73 Å². The summed E-state index contributed by atoms with van der Waals surface area (Å²) in [6.45, 7) is 4.37. The molecule has 0 spiro atoms. The van der Waals surface area contributed by atoms with E-state index in [1.165, 1.54) is 5.54 Å². The Morgan fingerprint density at radius 1 is 1.60 bits per heavy atom. The average molecular weight is 226 g/mol. The minimum atomic E-state index is 0.0261. The first-order valence-corrected chi connectivity index (χ1v) is 5.31. The highest BCUT2D eigenvalue weighted by atomic mass is 35.5. The van der Waals surface area contributed by atoms with Crippen LogP contribution in [0.1, 0.15) is 25.5 Å². The molecule has 0 aromatic heterocycles. The van der Waals surface area contributed by atoms with Crippen LogP contribution in [-0.4, -0.2) is 6.61 Å². The molecule has 0 aliphatic carbocycles. The van der Waals surface area contributed by atoms with Crippen molar-refractivity contribution in [3.8, 4) is 5.75 Å². The number of hydrogen-bond donors (Lipinski definition) is 1. The van der Waals surface area contributed by atoms with Gasteiger partial charge in [-0.3, -0.25) is 0 Å². The second-order valence-corrected chi connectivity index (χ2v) is 3.82. The zero-order valence-corrected chi connectivity index (χ0v) is 9.79. The first kappa shape index (κ1) is 12.1. The Hall–Kier alpha value is -0.990. The minimum Gasteiger partial charge on any atom is -0.489 e. The van der Waals surface area contributed by atoms with E-state index in [2.05, 4.69) is 0 Å². The van der Waals surface area contributed by atoms with E-state index < -0.39 is 0 Å². The molecule has 0 bridgehead atoms. The molecular formula is C12H16ClNO. The van der Waals surface area contributed by atoms with Crippen molar-refractivity contribution < 1.29 is 4.74 Å². The van der Waals surface area contributed by atoms with Crippen molar-refractivity contribution in [1.29, 1.82) is 0 Å². The molecule has 1 unspecified atom stereocenters. The first-order valence-electron chi connectivity index (χ1n) is 4.87. The van der Waals surface area contributed by atoms with Gasteiger partial charge in [-0.2, -0.15) is 0 Å². The molecule has 0 fully saturated rings. The van der Waals surface area contributed by atoms with E-state index >= 15 is 0 Å². The van der Waals surface area contributed by atoms with Crippen molar-refractivity contribution in [1.82, 2.24) is 0 Å². The van der Waals surface area contributed by atoms with Crippen molar-refractivity contribution >= 4 is 11.6 Å². The highest BCUT2D eigenvalue weighted by Crippen LogP contribution is 2.18. The molecule has 0 heterocycles. The molecule has 1 aromatic rings. The molecule has 0 amide bonds. The topological polar surface area (TPSA) is 35.2 Å². The van der Waals surface area contributed by atoms with E-state index in [0.29, 0.717) is 6.61 Å². The Morgan fingerprint density at radius 3 is 2.93 bits per heavy atom. The summed E-state index contributed by atoms with van der Waals surface area (Å²) in [6, 6.07) is 7.81. The van der Waals surface area contributed by atoms with E-state index in [0.717, 1.165) is 16.9 Å². The lowest BCUT2D eigenvalue weighted by molar-refractivity contribution is 0.352. The second kappa shape index (κ2) is 5.79. The third kappa shape index (κ3) is 3.94. The second-order valence-electron chi connectivity index (χ2n) is 3.61. The number of nitrogens with two attached hydrogens (primary N) is 1. The lowest BCUT2D eigenvalue weighted by Gasteiger charge is -2.09. The van der Waals surface area contributed by atoms with Gasteiger partial charge in [0, 0.05) is 11.6 Å². The summed E-state index contributed by atoms with van der Waals surface area (Å²) >= 11 is 5.54. The number of halogens is 1. The van der Waals surface area contributed by atoms with Crippen LogP contribution in [-0.2, 0) is 0 Å². The van der Waals surface area contributed by atoms with Gasteiger partial charge < -0.3 is 10.5 Å². The molecule has 0 radical (unpaired) electrons. The quantitative estimate of drug-likeness (QED) is 0.854. The zero-order chi connectivity index (χ0) is 11.3. The van der Waals surface area contributed by atoms with Crippen LogP contribution in [0.4, 0.5) is 0 Å². The molecule has 0 aliphatic rings. The van der Waals surface area contributed by atoms with Crippen LogP contribution < -0.4 is 10.5 Å². The van der Waals surface area contributed by atoms with Crippen LogP contribution >= 0.6 is 11.6 Å². The van der Waals surface area contributed by atoms with Crippen LogP contribution in [0.3, 0.4) is 0 Å². The van der Waals surface area contributed by atoms with Crippen molar-refractivity contribution in [3.63, 3.8) is 0 Å². The summed E-state index contributed by atoms with van der Waals surface area (Å²) in [6.07, 6.45) is 0. The van der Waals surface area contributed by atoms with Gasteiger partial charge in [-0.25, -0.2) is 0 Å². The molecule has 1 aromatic carbocycles. The van der Waals surface area contributed by atoms with E-state index in [1.807, 2.05) is 38.1 Å². The summed E-state index contributed by atoms with van der Waals surface area (Å²) in [4.78, 5) is 0. The normalized spacial score (nSPS) is 13.7. The third-order valence-electron chi connectivity index (χ3n) is 2.04. The lowest BCUT2D eigenvalue weighted by atomic mass is 10.1. The lowest BCUT2D eigenvalue weighted by Crippen LogP contribution is -2.05. The highest BCUT2D eigenvalue weighted by molar-refractivity contribution is 6.25. The smallest absolute Gasteiger partial charge is 0.120 e. The van der Waals surface area contributed by atoms with Gasteiger partial charge in [0.1, 0.15) is 12.4 Å². The number of ether oxygens (including phenoxy) is 1. The molecular weight excluding hydrogens is 210 g/mol. The molecule has 1 atom stereocenters. The summed E-state index contributed by atoms with van der Waals surface area (Å²) in [7, 11) is 0. The summed E-state index contributed by atoms with van der Waals surface area (Å²) in [5.74, 6) is 0.822. The van der Waals surface area contributed by atoms with Crippen molar-refractivity contribution in [3.05, 3.63) is 40.9 Å². The first-order chi connectivity index (χ1) is 7.13. The SMILES string of the molecule is C/C(=C\Cl)COc1cccc(C(C)N)c1. The van der Waals surface area contributed by atoms with Gasteiger partial charge >= 0.3 is 0 Å². The van der Waals surface area contributed by atoms with Gasteiger partial charge in [-0.05, 0) is 37.1 Å². The molecule has 15 heavy (non-hydrogen) atoms. The van der Waals surface area contributed by atoms with Gasteiger partial charge in [-0.15, -0.1) is 0 Å². The number of rotatable bonds is 4. The van der Waals surface area contributed by atoms with Crippen LogP contribution in [0.5, 0.6) is 5.75 Å². The largest absolute Gasteiger partial charge is 0.489 e. The predicted octanol–water partition coefficient (Wildman–Crippen LogP) is 3.23. The summed E-state index contributed by atoms with van der Waals surface area (Å²) < 4.78 is 5.54. The fraction of sp³-hybridized carbons (Fsp3) is 0.333. The van der Waals surface area contributed by atoms with Crippen molar-refractivity contribution in [2.45, 2.75) is 19.9 Å². The van der Waals surface area contributed by atoms with Crippen LogP contribution in [0.15, 0.2) is 35.4 Å². The van der Waals surface area contributed by atoms with E-state index in [9.17, 15) is 0 Å². The molecule has 0 aliphatic heterocycles. The molecule has 82 valence electrons. The number of benzene rings is 1. The third-order valence-corrected chi connectivity index (χ3v) is 2.41. The van der Waals surface area contributed by atoms with Crippen LogP contribution in [0.2, 0.25) is 0 Å². The van der Waals surface area contributed by atoms with Crippen LogP contribution in [0, 0.1) is 0 Å². The minimum absolute atomic E-state index is 0.0261. The Labute approximate surface area is 95.7 Å². The van der Waals surface area contributed by atoms with Gasteiger partial charge in [0.05, 0.1) is 0 Å². The Morgan fingerprint density at radius 2 is 2.33 bits per heavy atom. The Kier molecular flexibility index (Phi) is 4.66. The molecule has 2 nitrogen and oxygen atoms in total. The molecule has 0 saturated heterocycles. The summed E-state index contributed by atoms with van der Waals surface area (Å²) in [5.41, 5.74) is 9.36. The monoisotopic (exact) mass is 225 g/mol.